The van der Waals surface area contributed by atoms with Gasteiger partial charge in [0.25, 0.3) is 0 Å². The van der Waals surface area contributed by atoms with Gasteiger partial charge in [0.2, 0.25) is 5.95 Å². The molecule has 2 aromatic heterocycles. The highest BCUT2D eigenvalue weighted by Gasteiger charge is 2.25. The maximum Gasteiger partial charge on any atom is 0.229 e. The third-order valence-electron chi connectivity index (χ3n) is 4.86. The summed E-state index contributed by atoms with van der Waals surface area (Å²) < 4.78 is 0.773. The summed E-state index contributed by atoms with van der Waals surface area (Å²) in [4.78, 5) is 9.05. The van der Waals surface area contributed by atoms with Gasteiger partial charge in [0.15, 0.2) is 11.6 Å². The largest absolute Gasteiger partial charge is 0.324 e. The van der Waals surface area contributed by atoms with Gasteiger partial charge in [0.05, 0.1) is 4.47 Å². The van der Waals surface area contributed by atoms with E-state index in [0.717, 1.165) is 27.1 Å². The van der Waals surface area contributed by atoms with Crippen molar-refractivity contribution >= 4 is 39.2 Å². The summed E-state index contributed by atoms with van der Waals surface area (Å²) in [6.45, 7) is 0. The van der Waals surface area contributed by atoms with Gasteiger partial charge in [-0.05, 0) is 40.4 Å². The SMILES string of the molecule is Brc1cnc(Nc2ccccc2-c2ccccc2)nc1Nc1cc(C2CC2)[nH]n1. The summed E-state index contributed by atoms with van der Waals surface area (Å²) in [6, 6.07) is 20.4. The zero-order chi connectivity index (χ0) is 19.6. The number of H-pyrrole nitrogens is 1. The molecule has 1 saturated carbocycles. The molecule has 0 amide bonds. The van der Waals surface area contributed by atoms with Crippen molar-refractivity contribution < 1.29 is 0 Å². The Bertz CT molecular complexity index is 1140. The van der Waals surface area contributed by atoms with Crippen molar-refractivity contribution in [3.05, 3.63) is 77.0 Å². The van der Waals surface area contributed by atoms with Crippen LogP contribution in [0.15, 0.2) is 71.3 Å². The number of nitrogens with one attached hydrogen (secondary N) is 3. The molecule has 5 rings (SSSR count). The van der Waals surface area contributed by atoms with Gasteiger partial charge in [-0.15, -0.1) is 0 Å². The number of hydrogen-bond donors (Lipinski definition) is 3. The van der Waals surface area contributed by atoms with E-state index in [1.807, 2.05) is 42.5 Å². The van der Waals surface area contributed by atoms with E-state index in [1.165, 1.54) is 18.5 Å². The van der Waals surface area contributed by atoms with Crippen molar-refractivity contribution in [2.75, 3.05) is 10.6 Å². The zero-order valence-corrected chi connectivity index (χ0v) is 17.1. The van der Waals surface area contributed by atoms with Gasteiger partial charge in [-0.3, -0.25) is 5.10 Å². The Balaban J connectivity index is 1.40. The highest BCUT2D eigenvalue weighted by molar-refractivity contribution is 9.10. The third-order valence-corrected chi connectivity index (χ3v) is 5.44. The normalized spacial score (nSPS) is 13.3. The molecule has 144 valence electrons. The molecule has 7 heteroatoms. The van der Waals surface area contributed by atoms with Crippen molar-refractivity contribution in [2.24, 2.45) is 0 Å². The van der Waals surface area contributed by atoms with Crippen LogP contribution in [0.25, 0.3) is 11.1 Å². The summed E-state index contributed by atoms with van der Waals surface area (Å²) in [5, 5.41) is 14.1. The van der Waals surface area contributed by atoms with E-state index >= 15 is 0 Å². The Labute approximate surface area is 176 Å². The number of aromatic nitrogens is 4. The first-order valence-corrected chi connectivity index (χ1v) is 10.3. The molecule has 6 nitrogen and oxygen atoms in total. The number of aromatic amines is 1. The zero-order valence-electron chi connectivity index (χ0n) is 15.6. The first kappa shape index (κ1) is 17.9. The van der Waals surface area contributed by atoms with Gasteiger partial charge in [-0.2, -0.15) is 10.1 Å². The van der Waals surface area contributed by atoms with Crippen LogP contribution in [-0.4, -0.2) is 20.2 Å². The predicted octanol–water partition coefficient (Wildman–Crippen LogP) is 5.99. The van der Waals surface area contributed by atoms with E-state index in [1.54, 1.807) is 6.20 Å². The smallest absolute Gasteiger partial charge is 0.229 e. The van der Waals surface area contributed by atoms with Crippen LogP contribution in [0.3, 0.4) is 0 Å². The maximum atomic E-state index is 4.63. The van der Waals surface area contributed by atoms with Crippen LogP contribution >= 0.6 is 15.9 Å². The fraction of sp³-hybridized carbons (Fsp3) is 0.136. The minimum atomic E-state index is 0.511. The van der Waals surface area contributed by atoms with Crippen LogP contribution in [0.1, 0.15) is 24.5 Å². The average molecular weight is 447 g/mol. The molecule has 0 spiro atoms. The number of benzene rings is 2. The van der Waals surface area contributed by atoms with E-state index in [4.69, 9.17) is 0 Å². The van der Waals surface area contributed by atoms with Gasteiger partial charge < -0.3 is 10.6 Å². The maximum absolute atomic E-state index is 4.63. The fourth-order valence-electron chi connectivity index (χ4n) is 3.22. The molecule has 4 aromatic rings. The molecule has 0 atom stereocenters. The Hall–Kier alpha value is -3.19. The highest BCUT2D eigenvalue weighted by atomic mass is 79.9. The average Bonchev–Trinajstić information content (AvgIpc) is 3.50. The van der Waals surface area contributed by atoms with Crippen LogP contribution in [0, 0.1) is 0 Å². The summed E-state index contributed by atoms with van der Waals surface area (Å²) in [7, 11) is 0. The van der Waals surface area contributed by atoms with E-state index in [-0.39, 0.29) is 0 Å². The number of anilines is 4. The van der Waals surface area contributed by atoms with Gasteiger partial charge in [-0.25, -0.2) is 4.98 Å². The van der Waals surface area contributed by atoms with Gasteiger partial charge >= 0.3 is 0 Å². The monoisotopic (exact) mass is 446 g/mol. The molecule has 2 aromatic carbocycles. The predicted molar refractivity (Wildman–Crippen MR) is 119 cm³/mol. The number of para-hydroxylation sites is 1. The molecule has 3 N–H and O–H groups in total. The third kappa shape index (κ3) is 4.00. The summed E-state index contributed by atoms with van der Waals surface area (Å²) in [5.41, 5.74) is 4.35. The van der Waals surface area contributed by atoms with Crippen LogP contribution in [0.5, 0.6) is 0 Å². The van der Waals surface area contributed by atoms with E-state index in [0.29, 0.717) is 17.7 Å². The van der Waals surface area contributed by atoms with Crippen molar-refractivity contribution in [1.29, 1.82) is 0 Å². The van der Waals surface area contributed by atoms with Gasteiger partial charge in [0.1, 0.15) is 0 Å². The Morgan fingerprint density at radius 1 is 0.966 bits per heavy atom. The first-order valence-electron chi connectivity index (χ1n) is 9.52. The second kappa shape index (κ2) is 7.67. The standard InChI is InChI=1S/C22H19BrN6/c23-17-13-24-22(27-21(17)26-20-12-19(28-29-20)15-10-11-15)25-18-9-5-4-8-16(18)14-6-2-1-3-7-14/h1-9,12-13,15H,10-11H2,(H3,24,25,26,27,28,29). The van der Waals surface area contributed by atoms with Crippen LogP contribution in [-0.2, 0) is 0 Å². The lowest BCUT2D eigenvalue weighted by Crippen LogP contribution is -2.02. The van der Waals surface area contributed by atoms with E-state index in [9.17, 15) is 0 Å². The quantitative estimate of drug-likeness (QED) is 0.338. The molecular formula is C22H19BrN6. The number of rotatable bonds is 6. The molecule has 1 aliphatic carbocycles. The van der Waals surface area contributed by atoms with Gasteiger partial charge in [0, 0.05) is 35.1 Å². The lowest BCUT2D eigenvalue weighted by atomic mass is 10.0. The van der Waals surface area contributed by atoms with Crippen molar-refractivity contribution in [1.82, 2.24) is 20.2 Å². The summed E-state index contributed by atoms with van der Waals surface area (Å²) in [5.74, 6) is 2.55. The molecule has 1 aliphatic rings. The fourth-order valence-corrected chi connectivity index (χ4v) is 3.51. The molecule has 29 heavy (non-hydrogen) atoms. The van der Waals surface area contributed by atoms with Gasteiger partial charge in [-0.1, -0.05) is 48.5 Å². The Kier molecular flexibility index (Phi) is 4.73. The molecule has 0 bridgehead atoms. The lowest BCUT2D eigenvalue weighted by molar-refractivity contribution is 0.966. The molecule has 0 radical (unpaired) electrons. The molecule has 2 heterocycles. The van der Waals surface area contributed by atoms with Crippen LogP contribution in [0.4, 0.5) is 23.3 Å². The van der Waals surface area contributed by atoms with E-state index in [2.05, 4.69) is 64.9 Å². The molecule has 1 fully saturated rings. The second-order valence-corrected chi connectivity index (χ2v) is 7.89. The van der Waals surface area contributed by atoms with Crippen molar-refractivity contribution in [3.63, 3.8) is 0 Å². The highest BCUT2D eigenvalue weighted by Crippen LogP contribution is 2.40. The Morgan fingerprint density at radius 3 is 2.59 bits per heavy atom. The summed E-state index contributed by atoms with van der Waals surface area (Å²) in [6.07, 6.45) is 4.19. The molecular weight excluding hydrogens is 428 g/mol. The minimum Gasteiger partial charge on any atom is -0.324 e. The second-order valence-electron chi connectivity index (χ2n) is 7.03. The first-order chi connectivity index (χ1) is 14.3. The molecule has 0 unspecified atom stereocenters. The lowest BCUT2D eigenvalue weighted by Gasteiger charge is -2.12. The molecule has 0 saturated heterocycles. The number of halogens is 1. The number of hydrogen-bond acceptors (Lipinski definition) is 5. The van der Waals surface area contributed by atoms with Crippen molar-refractivity contribution in [2.45, 2.75) is 18.8 Å². The summed E-state index contributed by atoms with van der Waals surface area (Å²) >= 11 is 3.52. The van der Waals surface area contributed by atoms with Crippen LogP contribution < -0.4 is 10.6 Å². The molecule has 0 aliphatic heterocycles. The van der Waals surface area contributed by atoms with Crippen LogP contribution in [0.2, 0.25) is 0 Å². The number of nitrogens with zero attached hydrogens (tertiary/aromatic N) is 3. The Morgan fingerprint density at radius 2 is 1.76 bits per heavy atom. The minimum absolute atomic E-state index is 0.511. The van der Waals surface area contributed by atoms with E-state index < -0.39 is 0 Å². The van der Waals surface area contributed by atoms with Crippen molar-refractivity contribution in [3.8, 4) is 11.1 Å². The topological polar surface area (TPSA) is 78.5 Å².